The van der Waals surface area contributed by atoms with Gasteiger partial charge in [-0.05, 0) is 51.1 Å². The van der Waals surface area contributed by atoms with Gasteiger partial charge in [-0.25, -0.2) is 4.39 Å². The van der Waals surface area contributed by atoms with Crippen molar-refractivity contribution in [1.29, 1.82) is 0 Å². The topological polar surface area (TPSA) is 20.3 Å². The maximum absolute atomic E-state index is 13.6. The number of carbonyl (C=O) groups is 1. The Morgan fingerprint density at radius 3 is 2.72 bits per heavy atom. The number of piperidine rings is 1. The number of Topliss-reactive ketones (excluding diaryl/α,β-unsaturated/α-hetero) is 1. The Morgan fingerprint density at radius 2 is 2.11 bits per heavy atom. The predicted molar refractivity (Wildman–Crippen MR) is 72.8 cm³/mol. The van der Waals surface area contributed by atoms with Crippen LogP contribution < -0.4 is 0 Å². The van der Waals surface area contributed by atoms with Gasteiger partial charge in [-0.15, -0.1) is 0 Å². The molecule has 0 saturated carbocycles. The Labute approximate surface area is 115 Å². The van der Waals surface area contributed by atoms with E-state index in [0.717, 1.165) is 30.4 Å². The molecule has 1 aromatic carbocycles. The first-order valence-electron chi connectivity index (χ1n) is 6.23. The SMILES string of the molecule is CC(=O)C1CCN(Cc2cc(Br)ccc2F)CC1. The first-order chi connectivity index (χ1) is 8.56. The number of nitrogens with zero attached hydrogens (tertiary/aromatic N) is 1. The first kappa shape index (κ1) is 13.7. The zero-order valence-electron chi connectivity index (χ0n) is 10.5. The molecule has 0 aliphatic carbocycles. The minimum absolute atomic E-state index is 0.160. The molecular weight excluding hydrogens is 297 g/mol. The fraction of sp³-hybridized carbons (Fsp3) is 0.500. The normalized spacial score (nSPS) is 17.9. The average molecular weight is 314 g/mol. The Hall–Kier alpha value is -0.740. The van der Waals surface area contributed by atoms with E-state index < -0.39 is 0 Å². The second-order valence-electron chi connectivity index (χ2n) is 4.90. The summed E-state index contributed by atoms with van der Waals surface area (Å²) in [7, 11) is 0. The Balaban J connectivity index is 1.95. The van der Waals surface area contributed by atoms with Crippen LogP contribution in [0.15, 0.2) is 22.7 Å². The van der Waals surface area contributed by atoms with Crippen molar-refractivity contribution in [2.24, 2.45) is 5.92 Å². The van der Waals surface area contributed by atoms with Crippen LogP contribution in [-0.4, -0.2) is 23.8 Å². The number of rotatable bonds is 3. The average Bonchev–Trinajstić information content (AvgIpc) is 2.34. The standard InChI is InChI=1S/C14H17BrFNO/c1-10(18)11-4-6-17(7-5-11)9-12-8-13(15)2-3-14(12)16/h2-3,8,11H,4-7,9H2,1H3. The number of carbonyl (C=O) groups excluding carboxylic acids is 1. The summed E-state index contributed by atoms with van der Waals surface area (Å²) in [6.07, 6.45) is 1.79. The lowest BCUT2D eigenvalue weighted by Gasteiger charge is -2.30. The number of hydrogen-bond acceptors (Lipinski definition) is 2. The Bertz CT molecular complexity index is 441. The summed E-state index contributed by atoms with van der Waals surface area (Å²) in [4.78, 5) is 13.5. The third-order valence-corrected chi connectivity index (χ3v) is 4.06. The molecule has 0 amide bonds. The summed E-state index contributed by atoms with van der Waals surface area (Å²) >= 11 is 3.36. The maximum Gasteiger partial charge on any atom is 0.133 e. The van der Waals surface area contributed by atoms with Crippen LogP contribution in [0.2, 0.25) is 0 Å². The first-order valence-corrected chi connectivity index (χ1v) is 7.02. The number of hydrogen-bond donors (Lipinski definition) is 0. The lowest BCUT2D eigenvalue weighted by Crippen LogP contribution is -2.35. The molecule has 98 valence electrons. The second-order valence-corrected chi connectivity index (χ2v) is 5.81. The molecule has 2 rings (SSSR count). The van der Waals surface area contributed by atoms with Crippen LogP contribution in [0.4, 0.5) is 4.39 Å². The lowest BCUT2D eigenvalue weighted by molar-refractivity contribution is -0.122. The van der Waals surface area contributed by atoms with E-state index in [2.05, 4.69) is 20.8 Å². The van der Waals surface area contributed by atoms with Gasteiger partial charge in [-0.1, -0.05) is 15.9 Å². The van der Waals surface area contributed by atoms with Gasteiger partial charge in [0.15, 0.2) is 0 Å². The Kier molecular flexibility index (Phi) is 4.51. The van der Waals surface area contributed by atoms with Crippen LogP contribution in [0, 0.1) is 11.7 Å². The summed E-state index contributed by atoms with van der Waals surface area (Å²) in [5.41, 5.74) is 0.714. The van der Waals surface area contributed by atoms with Gasteiger partial charge in [0, 0.05) is 22.5 Å². The molecule has 1 saturated heterocycles. The summed E-state index contributed by atoms with van der Waals surface area (Å²) in [6.45, 7) is 4.02. The zero-order chi connectivity index (χ0) is 13.1. The van der Waals surface area contributed by atoms with E-state index in [-0.39, 0.29) is 17.5 Å². The molecule has 18 heavy (non-hydrogen) atoms. The van der Waals surface area contributed by atoms with Crippen LogP contribution >= 0.6 is 15.9 Å². The molecular formula is C14H17BrFNO. The number of benzene rings is 1. The molecule has 0 radical (unpaired) electrons. The highest BCUT2D eigenvalue weighted by Gasteiger charge is 2.22. The van der Waals surface area contributed by atoms with Gasteiger partial charge in [0.1, 0.15) is 11.6 Å². The molecule has 2 nitrogen and oxygen atoms in total. The molecule has 0 bridgehead atoms. The van der Waals surface area contributed by atoms with Crippen molar-refractivity contribution in [2.45, 2.75) is 26.3 Å². The molecule has 1 aromatic rings. The van der Waals surface area contributed by atoms with E-state index in [1.54, 1.807) is 13.0 Å². The van der Waals surface area contributed by atoms with Crippen molar-refractivity contribution in [1.82, 2.24) is 4.90 Å². The fourth-order valence-electron chi connectivity index (χ4n) is 2.40. The molecule has 1 heterocycles. The quantitative estimate of drug-likeness (QED) is 0.852. The molecule has 0 spiro atoms. The lowest BCUT2D eigenvalue weighted by atomic mass is 9.93. The number of likely N-dealkylation sites (tertiary alicyclic amines) is 1. The molecule has 1 fully saturated rings. The summed E-state index contributed by atoms with van der Waals surface area (Å²) < 4.78 is 14.5. The van der Waals surface area contributed by atoms with E-state index in [1.165, 1.54) is 6.07 Å². The number of ketones is 1. The largest absolute Gasteiger partial charge is 0.300 e. The Morgan fingerprint density at radius 1 is 1.44 bits per heavy atom. The van der Waals surface area contributed by atoms with Crippen molar-refractivity contribution in [2.75, 3.05) is 13.1 Å². The molecule has 0 unspecified atom stereocenters. The van der Waals surface area contributed by atoms with Crippen molar-refractivity contribution in [3.8, 4) is 0 Å². The van der Waals surface area contributed by atoms with Crippen LogP contribution in [0.1, 0.15) is 25.3 Å². The van der Waals surface area contributed by atoms with E-state index in [9.17, 15) is 9.18 Å². The zero-order valence-corrected chi connectivity index (χ0v) is 12.0. The maximum atomic E-state index is 13.6. The van der Waals surface area contributed by atoms with Gasteiger partial charge in [-0.3, -0.25) is 9.69 Å². The van der Waals surface area contributed by atoms with Crippen molar-refractivity contribution >= 4 is 21.7 Å². The smallest absolute Gasteiger partial charge is 0.133 e. The third-order valence-electron chi connectivity index (χ3n) is 3.56. The number of halogens is 2. The van der Waals surface area contributed by atoms with Crippen LogP contribution in [0.3, 0.4) is 0 Å². The monoisotopic (exact) mass is 313 g/mol. The predicted octanol–water partition coefficient (Wildman–Crippen LogP) is 3.39. The van der Waals surface area contributed by atoms with E-state index in [0.29, 0.717) is 12.1 Å². The van der Waals surface area contributed by atoms with Crippen LogP contribution in [0.25, 0.3) is 0 Å². The van der Waals surface area contributed by atoms with Crippen molar-refractivity contribution in [3.05, 3.63) is 34.1 Å². The van der Waals surface area contributed by atoms with Crippen molar-refractivity contribution < 1.29 is 9.18 Å². The highest BCUT2D eigenvalue weighted by Crippen LogP contribution is 2.22. The molecule has 0 aromatic heterocycles. The van der Waals surface area contributed by atoms with Gasteiger partial charge >= 0.3 is 0 Å². The molecule has 4 heteroatoms. The summed E-state index contributed by atoms with van der Waals surface area (Å²) in [6, 6.07) is 5.02. The minimum atomic E-state index is -0.160. The van der Waals surface area contributed by atoms with Crippen molar-refractivity contribution in [3.63, 3.8) is 0 Å². The van der Waals surface area contributed by atoms with Gasteiger partial charge < -0.3 is 0 Å². The van der Waals surface area contributed by atoms with Gasteiger partial charge in [0.05, 0.1) is 0 Å². The molecule has 0 N–H and O–H groups in total. The summed E-state index contributed by atoms with van der Waals surface area (Å²) in [5.74, 6) is 0.323. The second kappa shape index (κ2) is 5.93. The van der Waals surface area contributed by atoms with Gasteiger partial charge in [0.2, 0.25) is 0 Å². The van der Waals surface area contributed by atoms with E-state index in [1.807, 2.05) is 6.07 Å². The van der Waals surface area contributed by atoms with Crippen LogP contribution in [-0.2, 0) is 11.3 Å². The van der Waals surface area contributed by atoms with Crippen LogP contribution in [0.5, 0.6) is 0 Å². The molecule has 0 atom stereocenters. The third kappa shape index (κ3) is 3.39. The van der Waals surface area contributed by atoms with E-state index in [4.69, 9.17) is 0 Å². The summed E-state index contributed by atoms with van der Waals surface area (Å²) in [5, 5.41) is 0. The van der Waals surface area contributed by atoms with Gasteiger partial charge in [0.25, 0.3) is 0 Å². The van der Waals surface area contributed by atoms with Gasteiger partial charge in [-0.2, -0.15) is 0 Å². The molecule has 1 aliphatic rings. The molecule has 1 aliphatic heterocycles. The van der Waals surface area contributed by atoms with E-state index >= 15 is 0 Å². The minimum Gasteiger partial charge on any atom is -0.300 e. The highest BCUT2D eigenvalue weighted by atomic mass is 79.9. The highest BCUT2D eigenvalue weighted by molar-refractivity contribution is 9.10. The fourth-order valence-corrected chi connectivity index (χ4v) is 2.81.